The summed E-state index contributed by atoms with van der Waals surface area (Å²) in [7, 11) is 1.72. The maximum Gasteiger partial charge on any atom is 0.327 e. The number of likely N-dealkylation sites (N-methyl/N-ethyl adjacent to an activating group) is 2. The molecule has 0 aliphatic carbocycles. The number of carbonyl (C=O) groups excluding carboxylic acids is 1. The molecule has 1 aromatic carbocycles. The van der Waals surface area contributed by atoms with Gasteiger partial charge in [0.15, 0.2) is 0 Å². The maximum atomic E-state index is 13.9. The molecule has 2 atom stereocenters. The van der Waals surface area contributed by atoms with Gasteiger partial charge >= 0.3 is 6.03 Å². The molecule has 0 fully saturated rings. The van der Waals surface area contributed by atoms with Crippen LogP contribution in [0.4, 0.5) is 9.18 Å². The highest BCUT2D eigenvalue weighted by atomic mass is 19.1. The zero-order valence-corrected chi connectivity index (χ0v) is 17.0. The van der Waals surface area contributed by atoms with E-state index in [0.717, 1.165) is 17.8 Å². The molecule has 2 heterocycles. The van der Waals surface area contributed by atoms with Crippen LogP contribution in [0.2, 0.25) is 0 Å². The molecule has 0 spiro atoms. The van der Waals surface area contributed by atoms with E-state index < -0.39 is 5.82 Å². The van der Waals surface area contributed by atoms with Crippen molar-refractivity contribution in [2.45, 2.75) is 39.0 Å². The lowest BCUT2D eigenvalue weighted by molar-refractivity contribution is 0.121. The maximum absolute atomic E-state index is 13.9. The monoisotopic (exact) mass is 398 g/mol. The molecule has 2 aliphatic heterocycles. The van der Waals surface area contributed by atoms with E-state index in [9.17, 15) is 14.4 Å². The second-order valence-electron chi connectivity index (χ2n) is 7.28. The number of rotatable bonds is 7. The van der Waals surface area contributed by atoms with Gasteiger partial charge in [-0.25, -0.2) is 9.18 Å². The van der Waals surface area contributed by atoms with Gasteiger partial charge in [-0.15, -0.1) is 0 Å². The van der Waals surface area contributed by atoms with E-state index in [0.29, 0.717) is 24.2 Å². The number of nitrogens with one attached hydrogen (secondary N) is 1. The van der Waals surface area contributed by atoms with Crippen molar-refractivity contribution in [1.82, 2.24) is 20.0 Å². The number of fused-ring (bicyclic) bond motifs is 1. The first-order valence-electron chi connectivity index (χ1n) is 9.81. The molecular weight excluding hydrogens is 371 g/mol. The van der Waals surface area contributed by atoms with Crippen molar-refractivity contribution >= 4 is 6.03 Å². The van der Waals surface area contributed by atoms with Crippen molar-refractivity contribution < 1.29 is 9.18 Å². The van der Waals surface area contributed by atoms with Crippen molar-refractivity contribution in [2.24, 2.45) is 5.73 Å². The summed E-state index contributed by atoms with van der Waals surface area (Å²) in [5, 5.41) is 12.6. The Labute approximate surface area is 170 Å². The lowest BCUT2D eigenvalue weighted by atomic mass is 10.1. The Morgan fingerprint density at radius 3 is 2.83 bits per heavy atom. The molecule has 3 N–H and O–H groups in total. The van der Waals surface area contributed by atoms with Crippen molar-refractivity contribution in [3.8, 4) is 6.07 Å². The molecule has 154 valence electrons. The molecule has 0 radical (unpaired) electrons. The summed E-state index contributed by atoms with van der Waals surface area (Å²) >= 11 is 0. The van der Waals surface area contributed by atoms with Crippen molar-refractivity contribution in [3.05, 3.63) is 58.8 Å². The zero-order valence-electron chi connectivity index (χ0n) is 17.0. The SMILES string of the molecule is CCC(N)CN(CC)C1=C2C=CNC2N(C)C(=O)N1Cc1cc(F)ccc1C#N. The van der Waals surface area contributed by atoms with E-state index in [1.807, 2.05) is 26.1 Å². The lowest BCUT2D eigenvalue weighted by Gasteiger charge is -2.44. The summed E-state index contributed by atoms with van der Waals surface area (Å²) in [4.78, 5) is 18.6. The number of amides is 2. The fourth-order valence-electron chi connectivity index (χ4n) is 3.72. The molecule has 8 heteroatoms. The molecule has 2 amide bonds. The number of urea groups is 1. The number of hydrogen-bond acceptors (Lipinski definition) is 5. The summed E-state index contributed by atoms with van der Waals surface area (Å²) in [5.74, 6) is 0.311. The fourth-order valence-corrected chi connectivity index (χ4v) is 3.72. The van der Waals surface area contributed by atoms with E-state index in [4.69, 9.17) is 5.73 Å². The van der Waals surface area contributed by atoms with Crippen molar-refractivity contribution in [3.63, 3.8) is 0 Å². The number of benzene rings is 1. The Hall–Kier alpha value is -3.05. The highest BCUT2D eigenvalue weighted by molar-refractivity contribution is 5.79. The third kappa shape index (κ3) is 3.91. The minimum atomic E-state index is -0.438. The highest BCUT2D eigenvalue weighted by Crippen LogP contribution is 2.32. The van der Waals surface area contributed by atoms with E-state index in [1.165, 1.54) is 18.2 Å². The van der Waals surface area contributed by atoms with Gasteiger partial charge in [0.1, 0.15) is 17.8 Å². The van der Waals surface area contributed by atoms with E-state index in [1.54, 1.807) is 16.8 Å². The number of nitriles is 1. The van der Waals surface area contributed by atoms with E-state index in [-0.39, 0.29) is 24.8 Å². The first-order chi connectivity index (χ1) is 13.9. The van der Waals surface area contributed by atoms with Crippen LogP contribution in [0, 0.1) is 17.1 Å². The number of nitrogens with zero attached hydrogens (tertiary/aromatic N) is 4. The minimum Gasteiger partial charge on any atom is -0.367 e. The second-order valence-corrected chi connectivity index (χ2v) is 7.28. The van der Waals surface area contributed by atoms with Crippen LogP contribution >= 0.6 is 0 Å². The predicted octanol–water partition coefficient (Wildman–Crippen LogP) is 2.28. The molecular formula is C21H27FN6O. The lowest BCUT2D eigenvalue weighted by Crippen LogP contribution is -2.57. The molecule has 1 aromatic rings. The third-order valence-electron chi connectivity index (χ3n) is 5.42. The minimum absolute atomic E-state index is 0.0414. The number of hydrogen-bond donors (Lipinski definition) is 2. The Balaban J connectivity index is 2.08. The Kier molecular flexibility index (Phi) is 6.09. The van der Waals surface area contributed by atoms with E-state index >= 15 is 0 Å². The van der Waals surface area contributed by atoms with Gasteiger partial charge in [-0.05, 0) is 49.4 Å². The Bertz CT molecular complexity index is 890. The average molecular weight is 398 g/mol. The van der Waals surface area contributed by atoms with Gasteiger partial charge < -0.3 is 20.9 Å². The molecule has 0 saturated heterocycles. The fraction of sp³-hybridized carbons (Fsp3) is 0.429. The van der Waals surface area contributed by atoms with Gasteiger partial charge in [0.25, 0.3) is 0 Å². The number of carbonyl (C=O) groups is 1. The van der Waals surface area contributed by atoms with Crippen LogP contribution in [0.15, 0.2) is 41.9 Å². The number of nitrogens with two attached hydrogens (primary N) is 1. The summed E-state index contributed by atoms with van der Waals surface area (Å²) < 4.78 is 13.9. The molecule has 29 heavy (non-hydrogen) atoms. The van der Waals surface area contributed by atoms with Crippen LogP contribution in [0.3, 0.4) is 0 Å². The van der Waals surface area contributed by atoms with E-state index in [2.05, 4.69) is 16.3 Å². The van der Waals surface area contributed by atoms with Crippen LogP contribution in [-0.4, -0.2) is 53.1 Å². The normalized spacial score (nSPS) is 19.2. The standard InChI is InChI=1S/C21H27FN6O/c1-4-17(24)13-27(5-2)20-18-8-9-25-19(18)26(3)21(29)28(20)12-15-10-16(22)7-6-14(15)11-23/h6-10,17,19,25H,4-5,12-13,24H2,1-3H3. The van der Waals surface area contributed by atoms with Crippen LogP contribution in [0.25, 0.3) is 0 Å². The van der Waals surface area contributed by atoms with Gasteiger partial charge in [-0.2, -0.15) is 5.26 Å². The van der Waals surface area contributed by atoms with Gasteiger partial charge in [0.05, 0.1) is 18.2 Å². The van der Waals surface area contributed by atoms with Gasteiger partial charge in [0, 0.05) is 31.8 Å². The molecule has 2 aliphatic rings. The Morgan fingerprint density at radius 1 is 1.41 bits per heavy atom. The van der Waals surface area contributed by atoms with Crippen LogP contribution in [0.1, 0.15) is 31.4 Å². The smallest absolute Gasteiger partial charge is 0.327 e. The van der Waals surface area contributed by atoms with Gasteiger partial charge in [-0.3, -0.25) is 4.90 Å². The molecule has 2 unspecified atom stereocenters. The van der Waals surface area contributed by atoms with Crippen molar-refractivity contribution in [1.29, 1.82) is 5.26 Å². The molecule has 7 nitrogen and oxygen atoms in total. The second kappa shape index (κ2) is 8.53. The highest BCUT2D eigenvalue weighted by Gasteiger charge is 2.40. The largest absolute Gasteiger partial charge is 0.367 e. The van der Waals surface area contributed by atoms with Crippen LogP contribution in [-0.2, 0) is 6.54 Å². The average Bonchev–Trinajstić information content (AvgIpc) is 3.20. The predicted molar refractivity (Wildman–Crippen MR) is 108 cm³/mol. The topological polar surface area (TPSA) is 88.6 Å². The number of halogens is 1. The molecule has 0 saturated carbocycles. The summed E-state index contributed by atoms with van der Waals surface area (Å²) in [6.07, 6.45) is 4.33. The molecule has 0 bridgehead atoms. The molecule has 3 rings (SSSR count). The summed E-state index contributed by atoms with van der Waals surface area (Å²) in [6, 6.07) is 5.84. The summed E-state index contributed by atoms with van der Waals surface area (Å²) in [5.41, 5.74) is 7.98. The Morgan fingerprint density at radius 2 is 2.17 bits per heavy atom. The van der Waals surface area contributed by atoms with Crippen molar-refractivity contribution in [2.75, 3.05) is 20.1 Å². The quantitative estimate of drug-likeness (QED) is 0.736. The van der Waals surface area contributed by atoms with Crippen LogP contribution < -0.4 is 11.1 Å². The van der Waals surface area contributed by atoms with Gasteiger partial charge in [0.2, 0.25) is 0 Å². The third-order valence-corrected chi connectivity index (χ3v) is 5.42. The first-order valence-corrected chi connectivity index (χ1v) is 9.81. The molecule has 0 aromatic heterocycles. The summed E-state index contributed by atoms with van der Waals surface area (Å²) in [6.45, 7) is 5.39. The van der Waals surface area contributed by atoms with Gasteiger partial charge in [-0.1, -0.05) is 6.92 Å². The first kappa shape index (κ1) is 20.7. The zero-order chi connectivity index (χ0) is 21.1. The van der Waals surface area contributed by atoms with Crippen LogP contribution in [0.5, 0.6) is 0 Å².